The molecule has 0 aliphatic carbocycles. The number of anilines is 1. The van der Waals surface area contributed by atoms with Crippen molar-refractivity contribution < 1.29 is 9.25 Å². The maximum absolute atomic E-state index is 6.17. The minimum atomic E-state index is -0.221. The summed E-state index contributed by atoms with van der Waals surface area (Å²) in [5, 5.41) is 9.58. The van der Waals surface area contributed by atoms with Crippen molar-refractivity contribution in [2.45, 2.75) is 6.29 Å². The number of para-hydroxylation sites is 1. The fraction of sp³-hybridized carbons (Fsp3) is 0.214. The van der Waals surface area contributed by atoms with Crippen LogP contribution in [0.2, 0.25) is 0 Å². The number of nitrogens with zero attached hydrogens (tertiary/aromatic N) is 5. The molecule has 4 rings (SSSR count). The maximum atomic E-state index is 6.17. The van der Waals surface area contributed by atoms with Crippen molar-refractivity contribution in [2.24, 2.45) is 10.9 Å². The highest BCUT2D eigenvalue weighted by molar-refractivity contribution is 5.78. The second kappa shape index (κ2) is 5.34. The van der Waals surface area contributed by atoms with Crippen LogP contribution in [-0.4, -0.2) is 41.0 Å². The first-order chi connectivity index (χ1) is 10.8. The van der Waals surface area contributed by atoms with E-state index in [1.165, 1.54) is 0 Å². The molecular weight excluding hydrogens is 284 g/mol. The monoisotopic (exact) mass is 300 g/mol. The highest BCUT2D eigenvalue weighted by atomic mass is 16.7. The van der Waals surface area contributed by atoms with Gasteiger partial charge in [-0.3, -0.25) is 10.7 Å². The van der Waals surface area contributed by atoms with E-state index in [1.54, 1.807) is 22.7 Å². The van der Waals surface area contributed by atoms with Gasteiger partial charge in [0.15, 0.2) is 6.29 Å². The van der Waals surface area contributed by atoms with Crippen LogP contribution in [0.25, 0.3) is 0 Å². The summed E-state index contributed by atoms with van der Waals surface area (Å²) in [5.41, 5.74) is 0. The molecule has 0 bridgehead atoms. The summed E-state index contributed by atoms with van der Waals surface area (Å²) in [4.78, 5) is 7.69. The maximum Gasteiger partial charge on any atom is 0.203 e. The third-order valence-corrected chi connectivity index (χ3v) is 3.50. The Morgan fingerprint density at radius 1 is 1.14 bits per heavy atom. The van der Waals surface area contributed by atoms with Gasteiger partial charge >= 0.3 is 0 Å². The fourth-order valence-electron chi connectivity index (χ4n) is 2.56. The van der Waals surface area contributed by atoms with Crippen LogP contribution in [0.5, 0.6) is 5.75 Å². The molecule has 0 radical (unpaired) electrons. The molecular formula is C14H16N6O2. The highest BCUT2D eigenvalue weighted by Crippen LogP contribution is 2.26. The molecule has 0 spiro atoms. The van der Waals surface area contributed by atoms with Crippen molar-refractivity contribution >= 4 is 12.2 Å². The van der Waals surface area contributed by atoms with Crippen molar-refractivity contribution in [1.82, 2.24) is 15.1 Å². The Morgan fingerprint density at radius 3 is 2.77 bits per heavy atom. The van der Waals surface area contributed by atoms with E-state index in [-0.39, 0.29) is 6.29 Å². The second-order valence-corrected chi connectivity index (χ2v) is 5.06. The predicted octanol–water partition coefficient (Wildman–Crippen LogP) is 1.03. The first-order valence-electron chi connectivity index (χ1n) is 6.93. The van der Waals surface area contributed by atoms with E-state index >= 15 is 0 Å². The van der Waals surface area contributed by atoms with Gasteiger partial charge in [-0.1, -0.05) is 18.2 Å². The number of nitrogens with two attached hydrogens (primary N) is 1. The molecule has 8 heteroatoms. The number of hydroxylamine groups is 2. The molecule has 1 unspecified atom stereocenters. The van der Waals surface area contributed by atoms with E-state index in [4.69, 9.17) is 15.1 Å². The van der Waals surface area contributed by atoms with Crippen molar-refractivity contribution in [3.8, 4) is 5.75 Å². The third kappa shape index (κ3) is 2.29. The van der Waals surface area contributed by atoms with Crippen LogP contribution in [0.15, 0.2) is 58.2 Å². The molecule has 1 fully saturated rings. The van der Waals surface area contributed by atoms with Gasteiger partial charge in [-0.25, -0.2) is 5.01 Å². The Labute approximate surface area is 127 Å². The number of furan rings is 1. The molecule has 1 atom stereocenters. The summed E-state index contributed by atoms with van der Waals surface area (Å²) in [6.45, 7) is 0.942. The molecule has 2 aromatic rings. The van der Waals surface area contributed by atoms with Gasteiger partial charge in [0.2, 0.25) is 5.88 Å². The Balaban J connectivity index is 1.48. The lowest BCUT2D eigenvalue weighted by atomic mass is 10.3. The van der Waals surface area contributed by atoms with Crippen LogP contribution in [0.1, 0.15) is 0 Å². The molecule has 8 nitrogen and oxygen atoms in total. The van der Waals surface area contributed by atoms with E-state index in [0.29, 0.717) is 19.2 Å². The molecule has 0 saturated carbocycles. The van der Waals surface area contributed by atoms with Gasteiger partial charge in [0.25, 0.3) is 0 Å². The number of hydrazone groups is 1. The summed E-state index contributed by atoms with van der Waals surface area (Å²) in [5.74, 6) is 7.63. The average molecular weight is 300 g/mol. The summed E-state index contributed by atoms with van der Waals surface area (Å²) in [7, 11) is 0. The summed E-state index contributed by atoms with van der Waals surface area (Å²) in [6.07, 6.45) is 3.11. The van der Waals surface area contributed by atoms with Crippen LogP contribution in [0.3, 0.4) is 0 Å². The van der Waals surface area contributed by atoms with Gasteiger partial charge in [0, 0.05) is 6.07 Å². The first-order valence-corrected chi connectivity index (χ1v) is 6.93. The van der Waals surface area contributed by atoms with Gasteiger partial charge in [0.1, 0.15) is 25.4 Å². The molecule has 2 aliphatic heterocycles. The number of hydrogen-bond donors (Lipinski definition) is 1. The van der Waals surface area contributed by atoms with Crippen LogP contribution in [-0.2, 0) is 0 Å². The Hall–Kier alpha value is -2.55. The molecule has 22 heavy (non-hydrogen) atoms. The van der Waals surface area contributed by atoms with Gasteiger partial charge in [-0.15, -0.1) is 5.06 Å². The van der Waals surface area contributed by atoms with Crippen molar-refractivity contribution in [3.63, 3.8) is 0 Å². The predicted molar refractivity (Wildman–Crippen MR) is 80.0 cm³/mol. The van der Waals surface area contributed by atoms with Crippen LogP contribution in [0.4, 0.5) is 5.88 Å². The van der Waals surface area contributed by atoms with Crippen molar-refractivity contribution in [1.29, 1.82) is 0 Å². The van der Waals surface area contributed by atoms with Crippen molar-refractivity contribution in [3.05, 3.63) is 48.7 Å². The van der Waals surface area contributed by atoms with E-state index in [1.807, 2.05) is 52.4 Å². The molecule has 114 valence electrons. The Kier molecular flexibility index (Phi) is 3.19. The summed E-state index contributed by atoms with van der Waals surface area (Å²) in [6, 6.07) is 13.3. The van der Waals surface area contributed by atoms with Crippen LogP contribution >= 0.6 is 0 Å². The number of benzene rings is 1. The zero-order chi connectivity index (χ0) is 14.9. The number of rotatable bonds is 3. The highest BCUT2D eigenvalue weighted by Gasteiger charge is 2.40. The number of hydrazine groups is 1. The average Bonchev–Trinajstić information content (AvgIpc) is 3.16. The molecule has 0 amide bonds. The quantitative estimate of drug-likeness (QED) is 0.849. The number of hydrogen-bond acceptors (Lipinski definition) is 8. The lowest BCUT2D eigenvalue weighted by molar-refractivity contribution is -0.192. The first kappa shape index (κ1) is 13.1. The summed E-state index contributed by atoms with van der Waals surface area (Å²) >= 11 is 0. The van der Waals surface area contributed by atoms with E-state index in [9.17, 15) is 0 Å². The topological polar surface area (TPSA) is 73.7 Å². The largest absolute Gasteiger partial charge is 0.448 e. The normalized spacial score (nSPS) is 22.1. The lowest BCUT2D eigenvalue weighted by Crippen LogP contribution is -2.65. The second-order valence-electron chi connectivity index (χ2n) is 5.06. The minimum Gasteiger partial charge on any atom is -0.448 e. The van der Waals surface area contributed by atoms with Gasteiger partial charge in [-0.2, -0.15) is 10.1 Å². The lowest BCUT2D eigenvalue weighted by Gasteiger charge is -2.43. The van der Waals surface area contributed by atoms with E-state index in [2.05, 4.69) is 5.10 Å². The van der Waals surface area contributed by atoms with Gasteiger partial charge < -0.3 is 9.25 Å². The molecule has 1 saturated heterocycles. The van der Waals surface area contributed by atoms with Gasteiger partial charge in [-0.05, 0) is 18.2 Å². The molecule has 2 N–H and O–H groups in total. The van der Waals surface area contributed by atoms with Crippen LogP contribution in [0, 0.1) is 0 Å². The zero-order valence-corrected chi connectivity index (χ0v) is 11.8. The molecule has 1 aromatic carbocycles. The molecule has 2 aliphatic rings. The summed E-state index contributed by atoms with van der Waals surface area (Å²) < 4.78 is 5.42. The SMILES string of the molecule is NN1CN(Oc2ccccc2)CN2N=CN(c3ccco3)C12. The Morgan fingerprint density at radius 2 is 2.00 bits per heavy atom. The van der Waals surface area contributed by atoms with E-state index in [0.717, 1.165) is 5.75 Å². The molecule has 3 heterocycles. The zero-order valence-electron chi connectivity index (χ0n) is 11.8. The van der Waals surface area contributed by atoms with E-state index < -0.39 is 0 Å². The Bertz CT molecular complexity index is 647. The van der Waals surface area contributed by atoms with Crippen LogP contribution < -0.4 is 15.6 Å². The standard InChI is InChI=1S/C14H16N6O2/c15-19-10-17(22-12-5-2-1-3-6-12)11-20-14(19)18(9-16-20)13-7-4-8-21-13/h1-9,14H,10-11,15H2. The third-order valence-electron chi connectivity index (χ3n) is 3.50. The fourth-order valence-corrected chi connectivity index (χ4v) is 2.56. The number of fused-ring (bicyclic) bond motifs is 1. The minimum absolute atomic E-state index is 0.221. The van der Waals surface area contributed by atoms with Gasteiger partial charge in [0.05, 0.1) is 6.26 Å². The molecule has 1 aromatic heterocycles. The smallest absolute Gasteiger partial charge is 0.203 e. The van der Waals surface area contributed by atoms with Crippen molar-refractivity contribution in [2.75, 3.05) is 18.2 Å².